The fourth-order valence-corrected chi connectivity index (χ4v) is 1.50. The van der Waals surface area contributed by atoms with Gasteiger partial charge >= 0.3 is 5.97 Å². The van der Waals surface area contributed by atoms with Crippen LogP contribution in [0.25, 0.3) is 0 Å². The maximum absolute atomic E-state index is 11.9. The molecule has 0 aromatic heterocycles. The van der Waals surface area contributed by atoms with Gasteiger partial charge in [0.15, 0.2) is 5.78 Å². The van der Waals surface area contributed by atoms with Gasteiger partial charge in [0, 0.05) is 10.0 Å². The topological polar surface area (TPSA) is 43.4 Å². The Labute approximate surface area is 103 Å². The van der Waals surface area contributed by atoms with Crippen molar-refractivity contribution in [2.45, 2.75) is 13.8 Å². The first-order valence-electron chi connectivity index (χ1n) is 5.02. The number of ketones is 1. The normalized spacial score (nSPS) is 11.9. The number of carbonyl (C=O) groups excluding carboxylic acids is 2. The Bertz CT molecular complexity index is 384. The van der Waals surface area contributed by atoms with Crippen molar-refractivity contribution in [3.05, 3.63) is 34.3 Å². The van der Waals surface area contributed by atoms with Crippen molar-refractivity contribution in [2.75, 3.05) is 6.61 Å². The van der Waals surface area contributed by atoms with Crippen LogP contribution in [-0.4, -0.2) is 18.4 Å². The van der Waals surface area contributed by atoms with E-state index < -0.39 is 11.9 Å². The molecule has 0 amide bonds. The van der Waals surface area contributed by atoms with E-state index >= 15 is 0 Å². The van der Waals surface area contributed by atoms with E-state index in [-0.39, 0.29) is 12.4 Å². The second kappa shape index (κ2) is 5.80. The summed E-state index contributed by atoms with van der Waals surface area (Å²) in [6.07, 6.45) is 0. The average molecular weight is 285 g/mol. The molecule has 4 heteroatoms. The summed E-state index contributed by atoms with van der Waals surface area (Å²) in [5, 5.41) is 0. The number of hydrogen-bond acceptors (Lipinski definition) is 3. The minimum absolute atomic E-state index is 0.217. The Hall–Kier alpha value is -1.16. The molecule has 86 valence electrons. The first-order valence-corrected chi connectivity index (χ1v) is 5.82. The van der Waals surface area contributed by atoms with Crippen LogP contribution in [0, 0.1) is 5.92 Å². The molecule has 0 heterocycles. The highest BCUT2D eigenvalue weighted by molar-refractivity contribution is 9.10. The van der Waals surface area contributed by atoms with Gasteiger partial charge in [-0.15, -0.1) is 0 Å². The lowest BCUT2D eigenvalue weighted by Crippen LogP contribution is -2.23. The maximum Gasteiger partial charge on any atom is 0.316 e. The van der Waals surface area contributed by atoms with Gasteiger partial charge in [-0.3, -0.25) is 9.59 Å². The smallest absolute Gasteiger partial charge is 0.316 e. The van der Waals surface area contributed by atoms with E-state index in [1.54, 1.807) is 38.1 Å². The molecular formula is C12H13BrO3. The van der Waals surface area contributed by atoms with Gasteiger partial charge in [-0.2, -0.15) is 0 Å². The van der Waals surface area contributed by atoms with Crippen LogP contribution >= 0.6 is 15.9 Å². The lowest BCUT2D eigenvalue weighted by molar-refractivity contribution is -0.145. The summed E-state index contributed by atoms with van der Waals surface area (Å²) in [5.74, 6) is -1.44. The SMILES string of the molecule is CCOC(=O)[C@@H](C)C(=O)c1ccc(Br)cc1. The molecule has 0 bridgehead atoms. The number of rotatable bonds is 4. The molecule has 0 aliphatic carbocycles. The molecule has 0 saturated heterocycles. The van der Waals surface area contributed by atoms with Crippen LogP contribution in [0.15, 0.2) is 28.7 Å². The van der Waals surface area contributed by atoms with E-state index in [9.17, 15) is 9.59 Å². The molecule has 0 aliphatic heterocycles. The molecule has 0 aliphatic rings. The van der Waals surface area contributed by atoms with E-state index in [1.165, 1.54) is 0 Å². The first-order chi connectivity index (χ1) is 7.56. The highest BCUT2D eigenvalue weighted by atomic mass is 79.9. The van der Waals surface area contributed by atoms with E-state index in [1.807, 2.05) is 0 Å². The summed E-state index contributed by atoms with van der Waals surface area (Å²) in [6.45, 7) is 3.56. The van der Waals surface area contributed by atoms with Gasteiger partial charge in [0.2, 0.25) is 0 Å². The van der Waals surface area contributed by atoms with Crippen molar-refractivity contribution in [1.29, 1.82) is 0 Å². The van der Waals surface area contributed by atoms with Gasteiger partial charge in [-0.05, 0) is 26.0 Å². The molecule has 0 unspecified atom stereocenters. The standard InChI is InChI=1S/C12H13BrO3/c1-3-16-12(15)8(2)11(14)9-4-6-10(13)7-5-9/h4-8H,3H2,1-2H3/t8-/m0/s1. The molecule has 1 rings (SSSR count). The Balaban J connectivity index is 2.78. The van der Waals surface area contributed by atoms with Gasteiger partial charge in [0.05, 0.1) is 6.61 Å². The Morgan fingerprint density at radius 2 is 1.88 bits per heavy atom. The van der Waals surface area contributed by atoms with Crippen molar-refractivity contribution in [3.8, 4) is 0 Å². The zero-order chi connectivity index (χ0) is 12.1. The summed E-state index contributed by atoms with van der Waals surface area (Å²) in [7, 11) is 0. The highest BCUT2D eigenvalue weighted by Gasteiger charge is 2.23. The molecule has 1 aromatic carbocycles. The van der Waals surface area contributed by atoms with Crippen molar-refractivity contribution >= 4 is 27.7 Å². The molecule has 0 saturated carbocycles. The van der Waals surface area contributed by atoms with Crippen LogP contribution < -0.4 is 0 Å². The van der Waals surface area contributed by atoms with Crippen LogP contribution in [0.3, 0.4) is 0 Å². The summed E-state index contributed by atoms with van der Waals surface area (Å²) < 4.78 is 5.70. The molecular weight excluding hydrogens is 272 g/mol. The molecule has 1 aromatic rings. The third kappa shape index (κ3) is 3.17. The summed E-state index contributed by atoms with van der Waals surface area (Å²) >= 11 is 3.28. The number of esters is 1. The highest BCUT2D eigenvalue weighted by Crippen LogP contribution is 2.14. The molecule has 0 fully saturated rings. The van der Waals surface area contributed by atoms with Crippen molar-refractivity contribution < 1.29 is 14.3 Å². The zero-order valence-electron chi connectivity index (χ0n) is 9.20. The van der Waals surface area contributed by atoms with Gasteiger partial charge in [-0.25, -0.2) is 0 Å². The monoisotopic (exact) mass is 284 g/mol. The summed E-state index contributed by atoms with van der Waals surface area (Å²) in [4.78, 5) is 23.2. The first kappa shape index (κ1) is 12.9. The van der Waals surface area contributed by atoms with Gasteiger partial charge in [-0.1, -0.05) is 28.1 Å². The number of halogens is 1. The quantitative estimate of drug-likeness (QED) is 0.485. The molecule has 1 atom stereocenters. The van der Waals surface area contributed by atoms with Crippen LogP contribution in [0.4, 0.5) is 0 Å². The molecule has 3 nitrogen and oxygen atoms in total. The fraction of sp³-hybridized carbons (Fsp3) is 0.333. The zero-order valence-corrected chi connectivity index (χ0v) is 10.8. The van der Waals surface area contributed by atoms with Crippen molar-refractivity contribution in [1.82, 2.24) is 0 Å². The molecule has 0 radical (unpaired) electrons. The van der Waals surface area contributed by atoms with Crippen LogP contribution in [0.1, 0.15) is 24.2 Å². The predicted octanol–water partition coefficient (Wildman–Crippen LogP) is 2.83. The van der Waals surface area contributed by atoms with E-state index in [0.717, 1.165) is 4.47 Å². The van der Waals surface area contributed by atoms with E-state index in [0.29, 0.717) is 5.56 Å². The van der Waals surface area contributed by atoms with E-state index in [4.69, 9.17) is 4.74 Å². The molecule has 0 spiro atoms. The van der Waals surface area contributed by atoms with Gasteiger partial charge in [0.25, 0.3) is 0 Å². The second-order valence-corrected chi connectivity index (χ2v) is 4.26. The number of Topliss-reactive ketones (excluding diaryl/α,β-unsaturated/α-hetero) is 1. The minimum atomic E-state index is -0.749. The Kier molecular flexibility index (Phi) is 4.68. The number of benzene rings is 1. The number of ether oxygens (including phenoxy) is 1. The minimum Gasteiger partial charge on any atom is -0.465 e. The molecule has 16 heavy (non-hydrogen) atoms. The number of carbonyl (C=O) groups is 2. The number of hydrogen-bond donors (Lipinski definition) is 0. The van der Waals surface area contributed by atoms with Crippen LogP contribution in [0.5, 0.6) is 0 Å². The Morgan fingerprint density at radius 3 is 2.38 bits per heavy atom. The largest absolute Gasteiger partial charge is 0.465 e. The third-order valence-electron chi connectivity index (χ3n) is 2.16. The van der Waals surface area contributed by atoms with Gasteiger partial charge in [0.1, 0.15) is 5.92 Å². The van der Waals surface area contributed by atoms with Gasteiger partial charge < -0.3 is 4.74 Å². The predicted molar refractivity (Wildman–Crippen MR) is 64.3 cm³/mol. The lowest BCUT2D eigenvalue weighted by atomic mass is 10.00. The summed E-state index contributed by atoms with van der Waals surface area (Å²) in [6, 6.07) is 6.90. The van der Waals surface area contributed by atoms with E-state index in [2.05, 4.69) is 15.9 Å². The fourth-order valence-electron chi connectivity index (χ4n) is 1.24. The van der Waals surface area contributed by atoms with Crippen molar-refractivity contribution in [2.24, 2.45) is 5.92 Å². The average Bonchev–Trinajstić information content (AvgIpc) is 2.28. The van der Waals surface area contributed by atoms with Crippen LogP contribution in [0.2, 0.25) is 0 Å². The Morgan fingerprint density at radius 1 is 1.31 bits per heavy atom. The lowest BCUT2D eigenvalue weighted by Gasteiger charge is -2.09. The maximum atomic E-state index is 11.9. The molecule has 0 N–H and O–H groups in total. The van der Waals surface area contributed by atoms with Crippen LogP contribution in [-0.2, 0) is 9.53 Å². The van der Waals surface area contributed by atoms with Crippen molar-refractivity contribution in [3.63, 3.8) is 0 Å². The third-order valence-corrected chi connectivity index (χ3v) is 2.69. The summed E-state index contributed by atoms with van der Waals surface area (Å²) in [5.41, 5.74) is 0.517. The second-order valence-electron chi connectivity index (χ2n) is 3.34.